The van der Waals surface area contributed by atoms with E-state index >= 15 is 8.78 Å². The first-order chi connectivity index (χ1) is 21.3. The molecule has 2 rings (SSSR count). The van der Waals surface area contributed by atoms with Crippen molar-refractivity contribution in [3.63, 3.8) is 0 Å². The number of hydrogen-bond donors (Lipinski definition) is 0. The molecule has 1 aliphatic carbocycles. The van der Waals surface area contributed by atoms with E-state index in [2.05, 4.69) is 27.7 Å². The van der Waals surface area contributed by atoms with Gasteiger partial charge in [0.05, 0.1) is 25.3 Å². The fourth-order valence-corrected chi connectivity index (χ4v) is 17.4. The van der Waals surface area contributed by atoms with Crippen molar-refractivity contribution >= 4 is 22.2 Å². The van der Waals surface area contributed by atoms with Crippen LogP contribution in [0.15, 0.2) is 0 Å². The van der Waals surface area contributed by atoms with E-state index < -0.39 is 62.5 Å². The summed E-state index contributed by atoms with van der Waals surface area (Å²) in [4.78, 5) is 0. The van der Waals surface area contributed by atoms with Crippen LogP contribution in [0.3, 0.4) is 0 Å². The van der Waals surface area contributed by atoms with Crippen LogP contribution < -0.4 is 4.43 Å². The number of rotatable bonds is 24. The predicted octanol–water partition coefficient (Wildman–Crippen LogP) is 14.0. The average Bonchev–Trinajstić information content (AvgIpc) is 3.23. The van der Waals surface area contributed by atoms with Gasteiger partial charge in [0.25, 0.3) is 8.32 Å². The van der Waals surface area contributed by atoms with Crippen LogP contribution in [-0.4, -0.2) is 16.4 Å². The summed E-state index contributed by atoms with van der Waals surface area (Å²) >= 11 is 0. The van der Waals surface area contributed by atoms with Crippen molar-refractivity contribution in [2.75, 3.05) is 0 Å². The van der Waals surface area contributed by atoms with Crippen molar-refractivity contribution < 1.29 is 30.8 Å². The molecular formula is C36H59F6OSi2. The maximum atomic E-state index is 15.6. The summed E-state index contributed by atoms with van der Waals surface area (Å²) in [7, 11) is -4.24. The minimum absolute atomic E-state index is 0.0696. The minimum atomic E-state index is -4.25. The maximum Gasteiger partial charge on any atom is 0.305 e. The van der Waals surface area contributed by atoms with Crippen LogP contribution in [-0.2, 0) is 5.92 Å². The molecule has 9 heteroatoms. The smallest absolute Gasteiger partial charge is 0.305 e. The Balaban J connectivity index is 2.25. The molecule has 0 bridgehead atoms. The van der Waals surface area contributed by atoms with Crippen LogP contribution in [0.2, 0.25) is 41.8 Å². The molecule has 0 spiro atoms. The lowest BCUT2D eigenvalue weighted by Crippen LogP contribution is -2.45. The van der Waals surface area contributed by atoms with Gasteiger partial charge in [0.2, 0.25) is 5.82 Å². The SMILES string of the molecule is CCCCCCCCC[Si](CCCCCC[Si](CCC)(CCC)CCC)(Oc1c(F)c(F)c2c(c1F)C(F)=[C]C2(F)F)C(C)C. The summed E-state index contributed by atoms with van der Waals surface area (Å²) in [5.41, 5.74) is -2.98. The molecule has 45 heavy (non-hydrogen) atoms. The summed E-state index contributed by atoms with van der Waals surface area (Å²) in [6, 6.07) is 6.75. The molecule has 0 aromatic heterocycles. The first kappa shape index (κ1) is 40.0. The summed E-state index contributed by atoms with van der Waals surface area (Å²) < 4.78 is 95.1. The third-order valence-electron chi connectivity index (χ3n) is 10.0. The van der Waals surface area contributed by atoms with Crippen LogP contribution in [0.1, 0.15) is 143 Å². The highest BCUT2D eigenvalue weighted by Gasteiger charge is 2.49. The standard InChI is InChI=1S/C36H59F6OSi2/c1-7-11-12-13-14-15-19-25-45(28(5)6,26-20-17-16-18-24-44(21-8-2,22-9-3)23-10-4)43-35-32(38)30-29(37)27-36(41,42)31(30)33(39)34(35)40/h28H,7-26H2,1-6H3. The second-order valence-electron chi connectivity index (χ2n) is 13.9. The van der Waals surface area contributed by atoms with E-state index in [4.69, 9.17) is 4.43 Å². The Hall–Kier alpha value is -1.23. The Kier molecular flexibility index (Phi) is 16.8. The molecule has 1 radical (unpaired) electrons. The highest BCUT2D eigenvalue weighted by Crippen LogP contribution is 2.49. The summed E-state index contributed by atoms with van der Waals surface area (Å²) in [5.74, 6) is -12.4. The van der Waals surface area contributed by atoms with Gasteiger partial charge in [-0.15, -0.1) is 0 Å². The van der Waals surface area contributed by atoms with Gasteiger partial charge in [0.15, 0.2) is 17.4 Å². The number of alkyl halides is 2. The zero-order valence-electron chi connectivity index (χ0n) is 28.9. The molecule has 1 atom stereocenters. The van der Waals surface area contributed by atoms with Crippen molar-refractivity contribution in [1.29, 1.82) is 0 Å². The van der Waals surface area contributed by atoms with Crippen LogP contribution in [0, 0.1) is 23.5 Å². The summed E-state index contributed by atoms with van der Waals surface area (Å²) in [5, 5.41) is 0. The molecule has 0 N–H and O–H groups in total. The molecule has 0 aliphatic heterocycles. The molecule has 1 aromatic rings. The van der Waals surface area contributed by atoms with Crippen molar-refractivity contribution in [1.82, 2.24) is 0 Å². The maximum absolute atomic E-state index is 15.6. The van der Waals surface area contributed by atoms with Gasteiger partial charge in [-0.2, -0.15) is 13.2 Å². The number of benzene rings is 1. The van der Waals surface area contributed by atoms with Gasteiger partial charge in [-0.3, -0.25) is 0 Å². The lowest BCUT2D eigenvalue weighted by Gasteiger charge is -2.36. The lowest BCUT2D eigenvalue weighted by molar-refractivity contribution is 0.0418. The first-order valence-corrected chi connectivity index (χ1v) is 23.2. The molecule has 1 aromatic carbocycles. The van der Waals surface area contributed by atoms with Crippen LogP contribution >= 0.6 is 0 Å². The predicted molar refractivity (Wildman–Crippen MR) is 181 cm³/mol. The first-order valence-electron chi connectivity index (χ1n) is 17.9. The molecule has 0 amide bonds. The Morgan fingerprint density at radius 3 is 1.53 bits per heavy atom. The second-order valence-corrected chi connectivity index (χ2v) is 23.4. The quantitative estimate of drug-likeness (QED) is 0.0458. The molecule has 0 heterocycles. The molecule has 1 aliphatic rings. The monoisotopic (exact) mass is 677 g/mol. The Labute approximate surface area is 272 Å². The Morgan fingerprint density at radius 2 is 1.07 bits per heavy atom. The highest BCUT2D eigenvalue weighted by molar-refractivity contribution is 6.79. The fourth-order valence-electron chi connectivity index (χ4n) is 7.62. The third-order valence-corrected chi connectivity index (χ3v) is 21.3. The van der Waals surface area contributed by atoms with Crippen molar-refractivity contribution in [3.8, 4) is 5.75 Å². The largest absolute Gasteiger partial charge is 0.539 e. The molecule has 0 fully saturated rings. The minimum Gasteiger partial charge on any atom is -0.539 e. The number of fused-ring (bicyclic) bond motifs is 1. The van der Waals surface area contributed by atoms with Crippen molar-refractivity contribution in [2.24, 2.45) is 0 Å². The summed E-state index contributed by atoms with van der Waals surface area (Å²) in [6.07, 6.45) is 16.4. The zero-order chi connectivity index (χ0) is 33.7. The van der Waals surface area contributed by atoms with E-state index in [0.717, 1.165) is 57.4 Å². The molecule has 0 saturated heterocycles. The normalized spacial score (nSPS) is 15.8. The van der Waals surface area contributed by atoms with Gasteiger partial charge in [0, 0.05) is 0 Å². The van der Waals surface area contributed by atoms with E-state index in [1.807, 2.05) is 13.8 Å². The Bertz CT molecular complexity index is 1060. The van der Waals surface area contributed by atoms with Gasteiger partial charge >= 0.3 is 5.92 Å². The summed E-state index contributed by atoms with van der Waals surface area (Å²) in [6.45, 7) is 13.0. The molecule has 0 saturated carbocycles. The second kappa shape index (κ2) is 18.9. The van der Waals surface area contributed by atoms with Crippen molar-refractivity contribution in [3.05, 3.63) is 34.7 Å². The Morgan fingerprint density at radius 1 is 0.600 bits per heavy atom. The van der Waals surface area contributed by atoms with Crippen LogP contribution in [0.4, 0.5) is 26.3 Å². The number of halogens is 6. The average molecular weight is 678 g/mol. The number of allylic oxidation sites excluding steroid dienone is 1. The van der Waals surface area contributed by atoms with E-state index in [9.17, 15) is 17.6 Å². The van der Waals surface area contributed by atoms with E-state index in [1.165, 1.54) is 62.7 Å². The van der Waals surface area contributed by atoms with E-state index in [-0.39, 0.29) is 5.54 Å². The van der Waals surface area contributed by atoms with Gasteiger partial charge in [-0.25, -0.2) is 13.2 Å². The molecule has 1 nitrogen and oxygen atoms in total. The van der Waals surface area contributed by atoms with Crippen molar-refractivity contribution in [2.45, 2.75) is 179 Å². The van der Waals surface area contributed by atoms with Gasteiger partial charge < -0.3 is 4.43 Å². The number of unbranched alkanes of at least 4 members (excludes halogenated alkanes) is 9. The van der Waals surface area contributed by atoms with Crippen LogP contribution in [0.5, 0.6) is 5.75 Å². The topological polar surface area (TPSA) is 9.23 Å². The van der Waals surface area contributed by atoms with E-state index in [0.29, 0.717) is 12.1 Å². The fraction of sp³-hybridized carbons (Fsp3) is 0.778. The molecule has 1 unspecified atom stereocenters. The highest BCUT2D eigenvalue weighted by atomic mass is 28.4. The lowest BCUT2D eigenvalue weighted by atomic mass is 10.1. The zero-order valence-corrected chi connectivity index (χ0v) is 30.9. The van der Waals surface area contributed by atoms with Gasteiger partial charge in [-0.05, 0) is 17.6 Å². The van der Waals surface area contributed by atoms with E-state index in [1.54, 1.807) is 0 Å². The van der Waals surface area contributed by atoms with Gasteiger partial charge in [-0.1, -0.05) is 156 Å². The molecular weight excluding hydrogens is 619 g/mol. The third kappa shape index (κ3) is 10.6. The molecule has 259 valence electrons. The number of hydrogen-bond acceptors (Lipinski definition) is 1. The van der Waals surface area contributed by atoms with Gasteiger partial charge in [0.1, 0.15) is 5.83 Å². The van der Waals surface area contributed by atoms with Crippen LogP contribution in [0.25, 0.3) is 5.83 Å².